The van der Waals surface area contributed by atoms with Gasteiger partial charge in [-0.05, 0) is 24.3 Å². The summed E-state index contributed by atoms with van der Waals surface area (Å²) in [6, 6.07) is 10.4. The molecule has 0 radical (unpaired) electrons. The lowest BCUT2D eigenvalue weighted by Crippen LogP contribution is -2.35. The second-order valence-electron chi connectivity index (χ2n) is 5.11. The number of ether oxygens (including phenoxy) is 1. The van der Waals surface area contributed by atoms with Crippen LogP contribution in [0, 0.1) is 0 Å². The van der Waals surface area contributed by atoms with Crippen molar-refractivity contribution in [3.05, 3.63) is 62.6 Å². The molecule has 0 bridgehead atoms. The van der Waals surface area contributed by atoms with Gasteiger partial charge in [-0.25, -0.2) is 0 Å². The fourth-order valence-corrected chi connectivity index (χ4v) is 3.24. The number of rotatable bonds is 3. The van der Waals surface area contributed by atoms with E-state index in [4.69, 9.17) is 39.5 Å². The van der Waals surface area contributed by atoms with E-state index in [0.717, 1.165) is 5.56 Å². The number of aliphatic imine (C=N–C) groups is 1. The van der Waals surface area contributed by atoms with Crippen LogP contribution in [-0.2, 0) is 0 Å². The first-order valence-corrected chi connectivity index (χ1v) is 8.30. The third-order valence-corrected chi connectivity index (χ3v) is 4.49. The van der Waals surface area contributed by atoms with Gasteiger partial charge in [0.1, 0.15) is 11.4 Å². The molecule has 0 aliphatic carbocycles. The lowest BCUT2D eigenvalue weighted by molar-refractivity contribution is 0.0855. The Balaban J connectivity index is 2.02. The van der Waals surface area contributed by atoms with Gasteiger partial charge in [-0.1, -0.05) is 46.9 Å². The van der Waals surface area contributed by atoms with Gasteiger partial charge in [0.05, 0.1) is 23.7 Å². The highest BCUT2D eigenvalue weighted by molar-refractivity contribution is 6.38. The lowest BCUT2D eigenvalue weighted by atomic mass is 10.1. The number of carbonyl (C=O) groups excluding carboxylic acids is 1. The van der Waals surface area contributed by atoms with Crippen molar-refractivity contribution in [2.45, 2.75) is 0 Å². The molecule has 1 amide bonds. The number of amides is 1. The maximum atomic E-state index is 13.1. The molecule has 1 aliphatic heterocycles. The van der Waals surface area contributed by atoms with E-state index < -0.39 is 0 Å². The first-order chi connectivity index (χ1) is 11.5. The maximum absolute atomic E-state index is 13.1. The van der Waals surface area contributed by atoms with Crippen LogP contribution in [0.1, 0.15) is 15.9 Å². The van der Waals surface area contributed by atoms with E-state index in [2.05, 4.69) is 4.99 Å². The zero-order chi connectivity index (χ0) is 17.3. The molecule has 0 saturated heterocycles. The first kappa shape index (κ1) is 17.1. The Hall–Kier alpha value is -1.75. The molecule has 2 aromatic carbocycles. The normalized spacial score (nSPS) is 13.8. The number of halogens is 3. The molecule has 2 aromatic rings. The van der Waals surface area contributed by atoms with Gasteiger partial charge >= 0.3 is 0 Å². The quantitative estimate of drug-likeness (QED) is 0.780. The Kier molecular flexibility index (Phi) is 4.99. The summed E-state index contributed by atoms with van der Waals surface area (Å²) in [5.74, 6) is 0.502. The Bertz CT molecular complexity index is 837. The SMILES string of the molecule is COc1c(Cl)ccc(Cl)c1C(=O)N1CCN=C1c1cccc(Cl)c1. The predicted molar refractivity (Wildman–Crippen MR) is 96.9 cm³/mol. The van der Waals surface area contributed by atoms with Crippen molar-refractivity contribution in [1.82, 2.24) is 4.90 Å². The van der Waals surface area contributed by atoms with Crippen molar-refractivity contribution >= 4 is 46.5 Å². The standard InChI is InChI=1S/C17H13Cl3N2O2/c1-24-15-13(20)6-5-12(19)14(15)17(23)22-8-7-21-16(22)10-3-2-4-11(18)9-10/h2-6,9H,7-8H2,1H3. The Labute approximate surface area is 154 Å². The molecule has 0 atom stereocenters. The van der Waals surface area contributed by atoms with E-state index in [1.807, 2.05) is 12.1 Å². The van der Waals surface area contributed by atoms with Gasteiger partial charge in [0.15, 0.2) is 5.75 Å². The van der Waals surface area contributed by atoms with Crippen LogP contribution in [0.5, 0.6) is 5.75 Å². The third-order valence-electron chi connectivity index (χ3n) is 3.65. The van der Waals surface area contributed by atoms with Gasteiger partial charge in [0.25, 0.3) is 5.91 Å². The third kappa shape index (κ3) is 3.09. The maximum Gasteiger partial charge on any atom is 0.264 e. The van der Waals surface area contributed by atoms with E-state index in [1.165, 1.54) is 7.11 Å². The average molecular weight is 384 g/mol. The zero-order valence-electron chi connectivity index (χ0n) is 12.7. The number of hydrogen-bond donors (Lipinski definition) is 0. The molecule has 0 unspecified atom stereocenters. The van der Waals surface area contributed by atoms with Gasteiger partial charge in [-0.2, -0.15) is 0 Å². The van der Waals surface area contributed by atoms with Crippen LogP contribution in [0.15, 0.2) is 41.4 Å². The fraction of sp³-hybridized carbons (Fsp3) is 0.176. The molecule has 4 nitrogen and oxygen atoms in total. The summed E-state index contributed by atoms with van der Waals surface area (Å²) in [6.07, 6.45) is 0. The summed E-state index contributed by atoms with van der Waals surface area (Å²) in [7, 11) is 1.45. The number of benzene rings is 2. The molecule has 0 N–H and O–H groups in total. The predicted octanol–water partition coefficient (Wildman–Crippen LogP) is 4.56. The number of hydrogen-bond acceptors (Lipinski definition) is 3. The smallest absolute Gasteiger partial charge is 0.264 e. The van der Waals surface area contributed by atoms with Crippen molar-refractivity contribution in [1.29, 1.82) is 0 Å². The minimum atomic E-state index is -0.310. The van der Waals surface area contributed by atoms with Crippen LogP contribution in [-0.4, -0.2) is 36.8 Å². The molecule has 0 fully saturated rings. The van der Waals surface area contributed by atoms with Crippen LogP contribution >= 0.6 is 34.8 Å². The zero-order valence-corrected chi connectivity index (χ0v) is 15.0. The summed E-state index contributed by atoms with van der Waals surface area (Å²) < 4.78 is 5.27. The van der Waals surface area contributed by atoms with E-state index >= 15 is 0 Å². The molecule has 0 spiro atoms. The Morgan fingerprint density at radius 2 is 1.92 bits per heavy atom. The van der Waals surface area contributed by atoms with Crippen LogP contribution in [0.25, 0.3) is 0 Å². The second kappa shape index (κ2) is 7.01. The van der Waals surface area contributed by atoms with Crippen LogP contribution in [0.4, 0.5) is 0 Å². The molecule has 1 heterocycles. The first-order valence-electron chi connectivity index (χ1n) is 7.17. The minimum Gasteiger partial charge on any atom is -0.494 e. The van der Waals surface area contributed by atoms with Crippen molar-refractivity contribution in [3.63, 3.8) is 0 Å². The monoisotopic (exact) mass is 382 g/mol. The molecule has 0 saturated carbocycles. The van der Waals surface area contributed by atoms with Crippen molar-refractivity contribution < 1.29 is 9.53 Å². The van der Waals surface area contributed by atoms with Gasteiger partial charge in [0, 0.05) is 17.1 Å². The van der Waals surface area contributed by atoms with Crippen molar-refractivity contribution in [3.8, 4) is 5.75 Å². The number of nitrogens with zero attached hydrogens (tertiary/aromatic N) is 2. The highest BCUT2D eigenvalue weighted by atomic mass is 35.5. The molecular weight excluding hydrogens is 371 g/mol. The van der Waals surface area contributed by atoms with E-state index in [9.17, 15) is 4.79 Å². The summed E-state index contributed by atoms with van der Waals surface area (Å²) in [4.78, 5) is 19.0. The molecule has 0 aromatic heterocycles. The van der Waals surface area contributed by atoms with Crippen molar-refractivity contribution in [2.75, 3.05) is 20.2 Å². The van der Waals surface area contributed by atoms with E-state index in [0.29, 0.717) is 29.0 Å². The molecular formula is C17H13Cl3N2O2. The Morgan fingerprint density at radius 1 is 1.17 bits per heavy atom. The van der Waals surface area contributed by atoms with E-state index in [-0.39, 0.29) is 22.2 Å². The topological polar surface area (TPSA) is 41.9 Å². The average Bonchev–Trinajstić information content (AvgIpc) is 3.05. The molecule has 24 heavy (non-hydrogen) atoms. The number of methoxy groups -OCH3 is 1. The highest BCUT2D eigenvalue weighted by Gasteiger charge is 2.30. The minimum absolute atomic E-state index is 0.225. The van der Waals surface area contributed by atoms with Gasteiger partial charge in [0.2, 0.25) is 0 Å². The van der Waals surface area contributed by atoms with Gasteiger partial charge in [-0.3, -0.25) is 14.7 Å². The van der Waals surface area contributed by atoms with Crippen LogP contribution in [0.3, 0.4) is 0 Å². The fourth-order valence-electron chi connectivity index (χ4n) is 2.59. The highest BCUT2D eigenvalue weighted by Crippen LogP contribution is 2.35. The second-order valence-corrected chi connectivity index (χ2v) is 6.36. The number of amidine groups is 1. The largest absolute Gasteiger partial charge is 0.494 e. The summed E-state index contributed by atoms with van der Waals surface area (Å²) >= 11 is 18.4. The van der Waals surface area contributed by atoms with E-state index in [1.54, 1.807) is 29.2 Å². The van der Waals surface area contributed by atoms with Gasteiger partial charge < -0.3 is 4.74 Å². The summed E-state index contributed by atoms with van der Waals surface area (Å²) in [5.41, 5.74) is 0.994. The van der Waals surface area contributed by atoms with Gasteiger partial charge in [-0.15, -0.1) is 0 Å². The van der Waals surface area contributed by atoms with Crippen molar-refractivity contribution in [2.24, 2.45) is 4.99 Å². The molecule has 7 heteroatoms. The lowest BCUT2D eigenvalue weighted by Gasteiger charge is -2.21. The summed E-state index contributed by atoms with van der Waals surface area (Å²) in [6.45, 7) is 0.959. The number of carbonyl (C=O) groups is 1. The molecule has 3 rings (SSSR count). The molecule has 1 aliphatic rings. The summed E-state index contributed by atoms with van der Waals surface area (Å²) in [5, 5.41) is 1.18. The van der Waals surface area contributed by atoms with Crippen LogP contribution in [0.2, 0.25) is 15.1 Å². The van der Waals surface area contributed by atoms with Crippen LogP contribution < -0.4 is 4.74 Å². The Morgan fingerprint density at radius 3 is 2.62 bits per heavy atom. The molecule has 124 valence electrons.